The van der Waals surface area contributed by atoms with E-state index in [2.05, 4.69) is 34.6 Å². The molecule has 0 radical (unpaired) electrons. The number of unbranched alkanes of at least 4 members (excludes halogenated alkanes) is 1. The lowest BCUT2D eigenvalue weighted by Crippen LogP contribution is -2.44. The Kier molecular flexibility index (Phi) is 7.79. The van der Waals surface area contributed by atoms with Crippen LogP contribution in [0.25, 0.3) is 0 Å². The second kappa shape index (κ2) is 7.95. The fourth-order valence-corrected chi connectivity index (χ4v) is 5.64. The van der Waals surface area contributed by atoms with Crippen LogP contribution in [0.4, 0.5) is 0 Å². The molecule has 18 heavy (non-hydrogen) atoms. The number of carbonyl (C=O) groups is 1. The average Bonchev–Trinajstić information content (AvgIpc) is 2.32. The molecule has 0 aromatic heterocycles. The van der Waals surface area contributed by atoms with Crippen molar-refractivity contribution in [2.75, 3.05) is 0 Å². The van der Waals surface area contributed by atoms with Gasteiger partial charge in [0.15, 0.2) is 8.32 Å². The fraction of sp³-hybridized carbons (Fsp3) is 0.929. The van der Waals surface area contributed by atoms with E-state index >= 15 is 0 Å². The van der Waals surface area contributed by atoms with Gasteiger partial charge in [-0.15, -0.1) is 0 Å². The Hall–Kier alpha value is -0.353. The highest BCUT2D eigenvalue weighted by Crippen LogP contribution is 2.30. The number of hydrogen-bond donors (Lipinski definition) is 1. The molecule has 0 saturated carbocycles. The Labute approximate surface area is 113 Å². The van der Waals surface area contributed by atoms with Crippen molar-refractivity contribution in [3.63, 3.8) is 0 Å². The SMILES string of the molecule is CC[Si](CC)(CC)OC(C)(C)CCCCC(=O)O. The molecule has 0 aliphatic carbocycles. The lowest BCUT2D eigenvalue weighted by atomic mass is 10.0. The summed E-state index contributed by atoms with van der Waals surface area (Å²) in [6.45, 7) is 11.0. The van der Waals surface area contributed by atoms with E-state index in [1.165, 1.54) is 18.1 Å². The Bertz CT molecular complexity index is 239. The number of aliphatic carboxylic acids is 1. The fourth-order valence-electron chi connectivity index (χ4n) is 2.43. The highest BCUT2D eigenvalue weighted by Gasteiger charge is 2.35. The van der Waals surface area contributed by atoms with E-state index in [4.69, 9.17) is 9.53 Å². The van der Waals surface area contributed by atoms with Gasteiger partial charge in [-0.3, -0.25) is 4.79 Å². The van der Waals surface area contributed by atoms with Gasteiger partial charge in [-0.25, -0.2) is 0 Å². The molecule has 0 saturated heterocycles. The van der Waals surface area contributed by atoms with Gasteiger partial charge in [0, 0.05) is 6.42 Å². The number of carboxylic acid groups (broad SMARTS) is 1. The maximum atomic E-state index is 10.5. The molecule has 108 valence electrons. The van der Waals surface area contributed by atoms with E-state index in [0.717, 1.165) is 19.3 Å². The van der Waals surface area contributed by atoms with E-state index < -0.39 is 14.3 Å². The minimum Gasteiger partial charge on any atom is -0.481 e. The van der Waals surface area contributed by atoms with Gasteiger partial charge >= 0.3 is 5.97 Å². The zero-order chi connectivity index (χ0) is 14.2. The van der Waals surface area contributed by atoms with Crippen LogP contribution in [-0.2, 0) is 9.22 Å². The smallest absolute Gasteiger partial charge is 0.303 e. The largest absolute Gasteiger partial charge is 0.481 e. The van der Waals surface area contributed by atoms with E-state index in [-0.39, 0.29) is 12.0 Å². The Balaban J connectivity index is 4.23. The van der Waals surface area contributed by atoms with E-state index in [9.17, 15) is 4.79 Å². The normalized spacial score (nSPS) is 12.7. The molecule has 0 bridgehead atoms. The molecule has 0 aliphatic heterocycles. The summed E-state index contributed by atoms with van der Waals surface area (Å²) in [7, 11) is -1.55. The van der Waals surface area contributed by atoms with Crippen molar-refractivity contribution >= 4 is 14.3 Å². The number of hydrogen-bond acceptors (Lipinski definition) is 2. The lowest BCUT2D eigenvalue weighted by molar-refractivity contribution is -0.137. The molecule has 0 amide bonds. The topological polar surface area (TPSA) is 46.5 Å². The predicted molar refractivity (Wildman–Crippen MR) is 78.5 cm³/mol. The molecule has 1 N–H and O–H groups in total. The van der Waals surface area contributed by atoms with Crippen LogP contribution >= 0.6 is 0 Å². The molecule has 0 fully saturated rings. The van der Waals surface area contributed by atoms with Gasteiger partial charge in [-0.2, -0.15) is 0 Å². The maximum Gasteiger partial charge on any atom is 0.303 e. The van der Waals surface area contributed by atoms with Crippen LogP contribution in [0, 0.1) is 0 Å². The molecule has 0 heterocycles. The summed E-state index contributed by atoms with van der Waals surface area (Å²) in [5, 5.41) is 8.62. The molecule has 0 aromatic carbocycles. The molecular weight excluding hydrogens is 244 g/mol. The Morgan fingerprint density at radius 1 is 1.11 bits per heavy atom. The van der Waals surface area contributed by atoms with E-state index in [1.54, 1.807) is 0 Å². The van der Waals surface area contributed by atoms with Gasteiger partial charge in [0.1, 0.15) is 0 Å². The van der Waals surface area contributed by atoms with Gasteiger partial charge in [-0.1, -0.05) is 27.2 Å². The van der Waals surface area contributed by atoms with Crippen molar-refractivity contribution in [2.24, 2.45) is 0 Å². The minimum absolute atomic E-state index is 0.104. The number of carboxylic acids is 1. The van der Waals surface area contributed by atoms with Crippen LogP contribution in [-0.4, -0.2) is 25.0 Å². The molecule has 0 unspecified atom stereocenters. The molecular formula is C14H30O3Si. The molecule has 0 rings (SSSR count). The summed E-state index contributed by atoms with van der Waals surface area (Å²) in [5.74, 6) is -0.701. The van der Waals surface area contributed by atoms with Crippen molar-refractivity contribution in [1.29, 1.82) is 0 Å². The van der Waals surface area contributed by atoms with Gasteiger partial charge in [0.05, 0.1) is 5.60 Å². The Morgan fingerprint density at radius 2 is 1.61 bits per heavy atom. The van der Waals surface area contributed by atoms with Gasteiger partial charge < -0.3 is 9.53 Å². The molecule has 3 nitrogen and oxygen atoms in total. The van der Waals surface area contributed by atoms with Gasteiger partial charge in [-0.05, 0) is 44.8 Å². The van der Waals surface area contributed by atoms with Crippen LogP contribution in [0.1, 0.15) is 60.3 Å². The third-order valence-electron chi connectivity index (χ3n) is 3.85. The van der Waals surface area contributed by atoms with Crippen molar-refractivity contribution in [1.82, 2.24) is 0 Å². The van der Waals surface area contributed by atoms with Crippen LogP contribution < -0.4 is 0 Å². The molecule has 0 aliphatic rings. The van der Waals surface area contributed by atoms with Crippen LogP contribution in [0.2, 0.25) is 18.1 Å². The van der Waals surface area contributed by atoms with Crippen molar-refractivity contribution < 1.29 is 14.3 Å². The Morgan fingerprint density at radius 3 is 2.00 bits per heavy atom. The van der Waals surface area contributed by atoms with E-state index in [1.807, 2.05) is 0 Å². The van der Waals surface area contributed by atoms with E-state index in [0.29, 0.717) is 0 Å². The molecule has 0 aromatic rings. The summed E-state index contributed by atoms with van der Waals surface area (Å²) in [4.78, 5) is 10.5. The standard InChI is InChI=1S/C14H30O3Si/c1-6-18(7-2,8-3)17-14(4,5)12-10-9-11-13(15)16/h6-12H2,1-5H3,(H,15,16). The summed E-state index contributed by atoms with van der Waals surface area (Å²) >= 11 is 0. The maximum absolute atomic E-state index is 10.5. The minimum atomic E-state index is -1.55. The second-order valence-electron chi connectivity index (χ2n) is 5.71. The summed E-state index contributed by atoms with van der Waals surface area (Å²) in [6, 6.07) is 3.50. The zero-order valence-corrected chi connectivity index (χ0v) is 13.7. The third-order valence-corrected chi connectivity index (χ3v) is 8.70. The molecule has 4 heteroatoms. The summed E-state index contributed by atoms with van der Waals surface area (Å²) < 4.78 is 6.47. The average molecular weight is 274 g/mol. The summed E-state index contributed by atoms with van der Waals surface area (Å²) in [5.41, 5.74) is -0.104. The molecule has 0 atom stereocenters. The number of rotatable bonds is 10. The molecule has 0 spiro atoms. The van der Waals surface area contributed by atoms with Crippen molar-refractivity contribution in [2.45, 2.75) is 84.0 Å². The second-order valence-corrected chi connectivity index (χ2v) is 10.4. The predicted octanol–water partition coefficient (Wildman–Crippen LogP) is 4.43. The van der Waals surface area contributed by atoms with Crippen molar-refractivity contribution in [3.05, 3.63) is 0 Å². The first-order valence-electron chi connectivity index (χ1n) is 7.23. The van der Waals surface area contributed by atoms with Gasteiger partial charge in [0.2, 0.25) is 0 Å². The lowest BCUT2D eigenvalue weighted by Gasteiger charge is -2.38. The van der Waals surface area contributed by atoms with Crippen molar-refractivity contribution in [3.8, 4) is 0 Å². The van der Waals surface area contributed by atoms with Crippen LogP contribution in [0.3, 0.4) is 0 Å². The zero-order valence-electron chi connectivity index (χ0n) is 12.7. The highest BCUT2D eigenvalue weighted by atomic mass is 28.4. The summed E-state index contributed by atoms with van der Waals surface area (Å²) in [6.07, 6.45) is 2.91. The van der Waals surface area contributed by atoms with Crippen LogP contribution in [0.15, 0.2) is 0 Å². The van der Waals surface area contributed by atoms with Crippen LogP contribution in [0.5, 0.6) is 0 Å². The van der Waals surface area contributed by atoms with Gasteiger partial charge in [0.25, 0.3) is 0 Å². The first kappa shape index (κ1) is 17.6. The monoisotopic (exact) mass is 274 g/mol. The highest BCUT2D eigenvalue weighted by molar-refractivity contribution is 6.73. The quantitative estimate of drug-likeness (QED) is 0.473. The first-order chi connectivity index (χ1) is 8.31. The third kappa shape index (κ3) is 6.54. The first-order valence-corrected chi connectivity index (χ1v) is 9.75.